The van der Waals surface area contributed by atoms with Crippen LogP contribution in [0.4, 0.5) is 4.39 Å². The first-order chi connectivity index (χ1) is 10.0. The van der Waals surface area contributed by atoms with Crippen LogP contribution in [0, 0.1) is 5.82 Å². The quantitative estimate of drug-likeness (QED) is 0.472. The molecule has 0 amide bonds. The molecule has 21 heavy (non-hydrogen) atoms. The number of nitrogens with zero attached hydrogens (tertiary/aromatic N) is 1. The Morgan fingerprint density at radius 3 is 2.62 bits per heavy atom. The lowest BCUT2D eigenvalue weighted by Gasteiger charge is -2.12. The van der Waals surface area contributed by atoms with Gasteiger partial charge in [-0.2, -0.15) is 0 Å². The summed E-state index contributed by atoms with van der Waals surface area (Å²) in [5.74, 6) is 0.781. The molecule has 0 aliphatic carbocycles. The maximum atomic E-state index is 13.1. The third-order valence-electron chi connectivity index (χ3n) is 2.84. The van der Waals surface area contributed by atoms with Crippen LogP contribution in [0.2, 0.25) is 5.02 Å². The van der Waals surface area contributed by atoms with Gasteiger partial charge in [-0.05, 0) is 68.3 Å². The highest BCUT2D eigenvalue weighted by atomic mass is 79.9. The van der Waals surface area contributed by atoms with Crippen LogP contribution in [0.5, 0.6) is 11.5 Å². The first-order valence-electron chi connectivity index (χ1n) is 5.91. The predicted octanol–water partition coefficient (Wildman–Crippen LogP) is 6.34. The zero-order chi connectivity index (χ0) is 15.0. The van der Waals surface area contributed by atoms with Crippen LogP contribution >= 0.6 is 43.5 Å². The number of hydrogen-bond donors (Lipinski definition) is 0. The van der Waals surface area contributed by atoms with Crippen molar-refractivity contribution >= 4 is 54.4 Å². The Labute approximate surface area is 142 Å². The molecule has 6 heteroatoms. The summed E-state index contributed by atoms with van der Waals surface area (Å²) >= 11 is 12.7. The van der Waals surface area contributed by atoms with Gasteiger partial charge in [-0.15, -0.1) is 0 Å². The molecule has 2 aromatic carbocycles. The van der Waals surface area contributed by atoms with Crippen molar-refractivity contribution in [1.29, 1.82) is 0 Å². The van der Waals surface area contributed by atoms with E-state index in [0.717, 1.165) is 10.9 Å². The van der Waals surface area contributed by atoms with E-state index < -0.39 is 0 Å². The molecular weight excluding hydrogens is 424 g/mol. The van der Waals surface area contributed by atoms with Crippen molar-refractivity contribution in [2.24, 2.45) is 0 Å². The van der Waals surface area contributed by atoms with Gasteiger partial charge in [-0.1, -0.05) is 11.6 Å². The minimum absolute atomic E-state index is 0.334. The molecule has 3 rings (SSSR count). The number of halogens is 4. The fourth-order valence-electron chi connectivity index (χ4n) is 1.89. The smallest absolute Gasteiger partial charge is 0.152 e. The van der Waals surface area contributed by atoms with Gasteiger partial charge < -0.3 is 4.74 Å². The Morgan fingerprint density at radius 1 is 1.05 bits per heavy atom. The first kappa shape index (κ1) is 14.8. The second-order valence-electron chi connectivity index (χ2n) is 4.27. The van der Waals surface area contributed by atoms with E-state index in [1.165, 1.54) is 12.1 Å². The van der Waals surface area contributed by atoms with Crippen molar-refractivity contribution < 1.29 is 9.13 Å². The molecule has 0 saturated carbocycles. The maximum absolute atomic E-state index is 13.1. The molecule has 0 bridgehead atoms. The minimum Gasteiger partial charge on any atom is -0.454 e. The summed E-state index contributed by atoms with van der Waals surface area (Å²) in [7, 11) is 0. The first-order valence-corrected chi connectivity index (χ1v) is 7.87. The molecule has 0 saturated heterocycles. The fraction of sp³-hybridized carbons (Fsp3) is 0. The largest absolute Gasteiger partial charge is 0.454 e. The molecule has 0 aliphatic rings. The van der Waals surface area contributed by atoms with Gasteiger partial charge in [0, 0.05) is 16.6 Å². The average molecular weight is 431 g/mol. The van der Waals surface area contributed by atoms with Crippen molar-refractivity contribution in [3.05, 3.63) is 62.4 Å². The summed E-state index contributed by atoms with van der Waals surface area (Å²) in [6.45, 7) is 0. The molecule has 106 valence electrons. The van der Waals surface area contributed by atoms with Crippen molar-refractivity contribution in [3.8, 4) is 11.5 Å². The molecule has 0 spiro atoms. The van der Waals surface area contributed by atoms with Gasteiger partial charge in [0.2, 0.25) is 0 Å². The summed E-state index contributed by atoms with van der Waals surface area (Å²) in [5, 5.41) is 1.41. The van der Waals surface area contributed by atoms with E-state index in [1.807, 2.05) is 6.07 Å². The molecular formula is C15H7Br2ClFNO. The van der Waals surface area contributed by atoms with E-state index in [0.29, 0.717) is 25.5 Å². The lowest BCUT2D eigenvalue weighted by Crippen LogP contribution is -1.91. The van der Waals surface area contributed by atoms with Gasteiger partial charge in [0.05, 0.1) is 14.5 Å². The zero-order valence-electron chi connectivity index (χ0n) is 10.4. The normalized spacial score (nSPS) is 10.9. The Morgan fingerprint density at radius 2 is 1.86 bits per heavy atom. The summed E-state index contributed by atoms with van der Waals surface area (Å²) in [6.07, 6.45) is 1.64. The summed E-state index contributed by atoms with van der Waals surface area (Å²) in [6, 6.07) is 9.62. The van der Waals surface area contributed by atoms with E-state index in [-0.39, 0.29) is 5.82 Å². The number of hydrogen-bond acceptors (Lipinski definition) is 2. The van der Waals surface area contributed by atoms with E-state index in [1.54, 1.807) is 24.4 Å². The molecule has 2 nitrogen and oxygen atoms in total. The SMILES string of the molecule is Fc1ccc(Oc2c(Br)cnc3cc(Cl)ccc23)c(Br)c1. The van der Waals surface area contributed by atoms with Crippen molar-refractivity contribution in [2.45, 2.75) is 0 Å². The monoisotopic (exact) mass is 429 g/mol. The van der Waals surface area contributed by atoms with Crippen LogP contribution in [0.3, 0.4) is 0 Å². The van der Waals surface area contributed by atoms with Crippen LogP contribution in [-0.2, 0) is 0 Å². The van der Waals surface area contributed by atoms with Gasteiger partial charge in [-0.25, -0.2) is 4.39 Å². The van der Waals surface area contributed by atoms with E-state index in [4.69, 9.17) is 16.3 Å². The van der Waals surface area contributed by atoms with Gasteiger partial charge in [-0.3, -0.25) is 4.98 Å². The van der Waals surface area contributed by atoms with E-state index in [2.05, 4.69) is 36.8 Å². The molecule has 1 aromatic heterocycles. The number of fused-ring (bicyclic) bond motifs is 1. The highest BCUT2D eigenvalue weighted by molar-refractivity contribution is 9.11. The summed E-state index contributed by atoms with van der Waals surface area (Å²) in [4.78, 5) is 4.30. The molecule has 1 heterocycles. The lowest BCUT2D eigenvalue weighted by atomic mass is 10.2. The Bertz CT molecular complexity index is 841. The third-order valence-corrected chi connectivity index (χ3v) is 4.26. The highest BCUT2D eigenvalue weighted by Crippen LogP contribution is 2.38. The van der Waals surface area contributed by atoms with Gasteiger partial charge in [0.25, 0.3) is 0 Å². The topological polar surface area (TPSA) is 22.1 Å². The molecule has 0 atom stereocenters. The second kappa shape index (κ2) is 5.91. The standard InChI is InChI=1S/C15H7Br2ClFNO/c16-11-6-9(19)2-4-14(11)21-15-10-3-1-8(18)5-13(10)20-7-12(15)17/h1-7H. The van der Waals surface area contributed by atoms with Gasteiger partial charge in [0.1, 0.15) is 11.6 Å². The van der Waals surface area contributed by atoms with Crippen molar-refractivity contribution in [1.82, 2.24) is 4.98 Å². The Kier molecular flexibility index (Phi) is 4.15. The van der Waals surface area contributed by atoms with Crippen LogP contribution < -0.4 is 4.74 Å². The minimum atomic E-state index is -0.334. The van der Waals surface area contributed by atoms with Crippen LogP contribution in [0.1, 0.15) is 0 Å². The molecule has 0 N–H and O–H groups in total. The summed E-state index contributed by atoms with van der Waals surface area (Å²) < 4.78 is 20.3. The number of rotatable bonds is 2. The molecule has 0 fully saturated rings. The Hall–Kier alpha value is -1.17. The molecule has 3 aromatic rings. The van der Waals surface area contributed by atoms with Crippen LogP contribution in [0.15, 0.2) is 51.5 Å². The molecule has 0 unspecified atom stereocenters. The number of pyridine rings is 1. The second-order valence-corrected chi connectivity index (χ2v) is 6.42. The number of ether oxygens (including phenoxy) is 1. The zero-order valence-corrected chi connectivity index (χ0v) is 14.3. The third kappa shape index (κ3) is 3.05. The van der Waals surface area contributed by atoms with Crippen LogP contribution in [0.25, 0.3) is 10.9 Å². The number of benzene rings is 2. The average Bonchev–Trinajstić information content (AvgIpc) is 2.44. The highest BCUT2D eigenvalue weighted by Gasteiger charge is 2.12. The van der Waals surface area contributed by atoms with Gasteiger partial charge in [0.15, 0.2) is 5.75 Å². The summed E-state index contributed by atoms with van der Waals surface area (Å²) in [5.41, 5.74) is 0.721. The lowest BCUT2D eigenvalue weighted by molar-refractivity contribution is 0.479. The van der Waals surface area contributed by atoms with E-state index in [9.17, 15) is 4.39 Å². The predicted molar refractivity (Wildman–Crippen MR) is 88.6 cm³/mol. The van der Waals surface area contributed by atoms with Crippen LogP contribution in [-0.4, -0.2) is 4.98 Å². The number of aromatic nitrogens is 1. The fourth-order valence-corrected chi connectivity index (χ4v) is 2.88. The van der Waals surface area contributed by atoms with Crippen molar-refractivity contribution in [3.63, 3.8) is 0 Å². The maximum Gasteiger partial charge on any atom is 0.152 e. The van der Waals surface area contributed by atoms with Gasteiger partial charge >= 0.3 is 0 Å². The molecule has 0 aliphatic heterocycles. The van der Waals surface area contributed by atoms with Crippen molar-refractivity contribution in [2.75, 3.05) is 0 Å². The Balaban J connectivity index is 2.13. The van der Waals surface area contributed by atoms with E-state index >= 15 is 0 Å². The molecule has 0 radical (unpaired) electrons.